The van der Waals surface area contributed by atoms with E-state index in [0.717, 1.165) is 39.0 Å². The number of likely N-dealkylation sites (N-methyl/N-ethyl adjacent to an activating group) is 1. The van der Waals surface area contributed by atoms with Crippen LogP contribution in [0.25, 0.3) is 0 Å². The molecule has 20 heavy (non-hydrogen) atoms. The predicted molar refractivity (Wildman–Crippen MR) is 81.9 cm³/mol. The molecular weight excluding hydrogens is 256 g/mol. The maximum atomic E-state index is 11.9. The molecule has 0 aliphatic rings. The average molecular weight is 288 g/mol. The summed E-state index contributed by atoms with van der Waals surface area (Å²) >= 11 is 0. The third kappa shape index (κ3) is 7.82. The minimum atomic E-state index is -0.589. The minimum Gasteiger partial charge on any atom is -0.468 e. The largest absolute Gasteiger partial charge is 0.468 e. The molecule has 0 radical (unpaired) electrons. The highest BCUT2D eigenvalue weighted by molar-refractivity contribution is 5.80. The lowest BCUT2D eigenvalue weighted by molar-refractivity contribution is -0.148. The molecule has 0 aliphatic heterocycles. The summed E-state index contributed by atoms with van der Waals surface area (Å²) < 4.78 is 9.97. The summed E-state index contributed by atoms with van der Waals surface area (Å²) in [5.41, 5.74) is -0.589. The van der Waals surface area contributed by atoms with Gasteiger partial charge in [-0.05, 0) is 53.6 Å². The van der Waals surface area contributed by atoms with Crippen molar-refractivity contribution in [1.29, 1.82) is 0 Å². The summed E-state index contributed by atoms with van der Waals surface area (Å²) in [6.45, 7) is 8.72. The van der Waals surface area contributed by atoms with Crippen molar-refractivity contribution in [3.05, 3.63) is 0 Å². The van der Waals surface area contributed by atoms with E-state index >= 15 is 0 Å². The van der Waals surface area contributed by atoms with Gasteiger partial charge < -0.3 is 14.4 Å². The van der Waals surface area contributed by atoms with Gasteiger partial charge in [-0.3, -0.25) is 10.1 Å². The van der Waals surface area contributed by atoms with Crippen LogP contribution in [0, 0.1) is 0 Å². The van der Waals surface area contributed by atoms with E-state index in [1.165, 1.54) is 7.11 Å². The van der Waals surface area contributed by atoms with E-state index in [0.29, 0.717) is 0 Å². The van der Waals surface area contributed by atoms with Crippen molar-refractivity contribution in [2.45, 2.75) is 51.6 Å². The molecule has 0 saturated carbocycles. The second-order valence-corrected chi connectivity index (χ2v) is 5.88. The topological polar surface area (TPSA) is 50.8 Å². The number of carbonyl (C=O) groups is 1. The summed E-state index contributed by atoms with van der Waals surface area (Å²) in [6.07, 6.45) is 2.84. The van der Waals surface area contributed by atoms with Crippen LogP contribution in [0.15, 0.2) is 0 Å². The number of rotatable bonds is 11. The Labute approximate surface area is 124 Å². The van der Waals surface area contributed by atoms with Gasteiger partial charge in [0, 0.05) is 19.7 Å². The van der Waals surface area contributed by atoms with Crippen molar-refractivity contribution in [2.24, 2.45) is 0 Å². The van der Waals surface area contributed by atoms with Crippen LogP contribution < -0.4 is 5.32 Å². The molecule has 5 heteroatoms. The molecule has 1 atom stereocenters. The number of nitrogens with zero attached hydrogens (tertiary/aromatic N) is 1. The second-order valence-electron chi connectivity index (χ2n) is 5.88. The van der Waals surface area contributed by atoms with Crippen LogP contribution in [-0.4, -0.2) is 63.4 Å². The van der Waals surface area contributed by atoms with E-state index in [2.05, 4.69) is 17.3 Å². The van der Waals surface area contributed by atoms with Crippen LogP contribution in [0.3, 0.4) is 0 Å². The third-order valence-electron chi connectivity index (χ3n) is 3.39. The number of nitrogens with one attached hydrogen (secondary N) is 1. The molecule has 0 saturated heterocycles. The van der Waals surface area contributed by atoms with E-state index in [4.69, 9.17) is 9.47 Å². The van der Waals surface area contributed by atoms with E-state index in [-0.39, 0.29) is 12.0 Å². The van der Waals surface area contributed by atoms with Gasteiger partial charge in [0.25, 0.3) is 0 Å². The first-order chi connectivity index (χ1) is 9.35. The second kappa shape index (κ2) is 10.1. The van der Waals surface area contributed by atoms with Gasteiger partial charge in [-0.25, -0.2) is 0 Å². The Morgan fingerprint density at radius 1 is 1.25 bits per heavy atom. The fraction of sp³-hybridized carbons (Fsp3) is 0.933. The lowest BCUT2D eigenvalue weighted by atomic mass is 9.93. The van der Waals surface area contributed by atoms with E-state index in [9.17, 15) is 4.79 Å². The van der Waals surface area contributed by atoms with Crippen LogP contribution in [0.1, 0.15) is 40.0 Å². The highest BCUT2D eigenvalue weighted by atomic mass is 16.5. The van der Waals surface area contributed by atoms with Gasteiger partial charge in [0.1, 0.15) is 5.54 Å². The average Bonchev–Trinajstić information content (AvgIpc) is 2.39. The lowest BCUT2D eigenvalue weighted by Gasteiger charge is -2.30. The van der Waals surface area contributed by atoms with Gasteiger partial charge in [0.2, 0.25) is 0 Å². The zero-order chi connectivity index (χ0) is 15.6. The van der Waals surface area contributed by atoms with Crippen molar-refractivity contribution < 1.29 is 14.3 Å². The normalized spacial score (nSPS) is 14.6. The summed E-state index contributed by atoms with van der Waals surface area (Å²) in [7, 11) is 5.25. The van der Waals surface area contributed by atoms with Crippen LogP contribution in [0.5, 0.6) is 0 Å². The molecule has 0 aliphatic carbocycles. The summed E-state index contributed by atoms with van der Waals surface area (Å²) in [6, 6.07) is 0.253. The Morgan fingerprint density at radius 2 is 1.90 bits per heavy atom. The number of esters is 1. The third-order valence-corrected chi connectivity index (χ3v) is 3.39. The molecule has 0 fully saturated rings. The Kier molecular flexibility index (Phi) is 9.80. The molecule has 0 aromatic heterocycles. The molecule has 1 N–H and O–H groups in total. The Hall–Kier alpha value is -0.650. The Morgan fingerprint density at radius 3 is 2.40 bits per heavy atom. The van der Waals surface area contributed by atoms with Gasteiger partial charge >= 0.3 is 5.97 Å². The van der Waals surface area contributed by atoms with Crippen molar-refractivity contribution in [3.63, 3.8) is 0 Å². The number of unbranched alkanes of at least 4 members (excludes halogenated alkanes) is 1. The van der Waals surface area contributed by atoms with E-state index in [1.807, 2.05) is 20.8 Å². The van der Waals surface area contributed by atoms with Crippen LogP contribution in [0.2, 0.25) is 0 Å². The lowest BCUT2D eigenvalue weighted by Crippen LogP contribution is -2.53. The van der Waals surface area contributed by atoms with Crippen molar-refractivity contribution in [3.8, 4) is 0 Å². The van der Waals surface area contributed by atoms with Gasteiger partial charge in [-0.2, -0.15) is 0 Å². The van der Waals surface area contributed by atoms with Gasteiger partial charge in [0.05, 0.1) is 13.7 Å². The fourth-order valence-electron chi connectivity index (χ4n) is 2.31. The molecular formula is C15H32N2O3. The molecule has 0 aromatic rings. The van der Waals surface area contributed by atoms with Gasteiger partial charge in [0.15, 0.2) is 0 Å². The smallest absolute Gasteiger partial charge is 0.325 e. The highest BCUT2D eigenvalue weighted by Gasteiger charge is 2.33. The summed E-state index contributed by atoms with van der Waals surface area (Å²) in [5, 5.41) is 3.32. The molecule has 0 heterocycles. The highest BCUT2D eigenvalue weighted by Crippen LogP contribution is 2.17. The first-order valence-corrected chi connectivity index (χ1v) is 7.39. The zero-order valence-electron chi connectivity index (χ0n) is 14.0. The molecule has 0 spiro atoms. The van der Waals surface area contributed by atoms with Crippen LogP contribution >= 0.6 is 0 Å². The maximum absolute atomic E-state index is 11.9. The maximum Gasteiger partial charge on any atom is 0.325 e. The van der Waals surface area contributed by atoms with Crippen molar-refractivity contribution in [2.75, 3.05) is 41.0 Å². The number of methoxy groups -OCH3 is 2. The van der Waals surface area contributed by atoms with Gasteiger partial charge in [-0.1, -0.05) is 0 Å². The van der Waals surface area contributed by atoms with E-state index in [1.54, 1.807) is 7.11 Å². The molecule has 0 amide bonds. The van der Waals surface area contributed by atoms with Crippen LogP contribution in [-0.2, 0) is 14.3 Å². The predicted octanol–water partition coefficient (Wildman–Crippen LogP) is 1.66. The van der Waals surface area contributed by atoms with Crippen molar-refractivity contribution >= 4 is 5.97 Å². The SMILES string of the molecule is COCCN(C)CCCCC(C)(NC(C)C)C(=O)OC. The molecule has 1 unspecified atom stereocenters. The van der Waals surface area contributed by atoms with E-state index < -0.39 is 5.54 Å². The quantitative estimate of drug-likeness (QED) is 0.463. The molecule has 5 nitrogen and oxygen atoms in total. The Balaban J connectivity index is 4.11. The summed E-state index contributed by atoms with van der Waals surface area (Å²) in [5.74, 6) is -0.182. The Bertz CT molecular complexity index is 272. The number of ether oxygens (including phenoxy) is 2. The molecule has 0 rings (SSSR count). The first-order valence-electron chi connectivity index (χ1n) is 7.39. The first kappa shape index (κ1) is 19.4. The molecule has 120 valence electrons. The number of hydrogen-bond acceptors (Lipinski definition) is 5. The minimum absolute atomic E-state index is 0.182. The standard InChI is InChI=1S/C15H32N2O3/c1-13(2)16-15(3,14(18)20-6)9-7-8-10-17(4)11-12-19-5/h13,16H,7-12H2,1-6H3. The van der Waals surface area contributed by atoms with Gasteiger partial charge in [-0.15, -0.1) is 0 Å². The van der Waals surface area contributed by atoms with Crippen LogP contribution in [0.4, 0.5) is 0 Å². The zero-order valence-corrected chi connectivity index (χ0v) is 14.0. The number of hydrogen-bond donors (Lipinski definition) is 1. The van der Waals surface area contributed by atoms with Crippen molar-refractivity contribution in [1.82, 2.24) is 10.2 Å². The number of carbonyl (C=O) groups excluding carboxylic acids is 1. The molecule has 0 bridgehead atoms. The molecule has 0 aromatic carbocycles. The summed E-state index contributed by atoms with van der Waals surface area (Å²) in [4.78, 5) is 14.2. The fourth-order valence-corrected chi connectivity index (χ4v) is 2.31. The monoisotopic (exact) mass is 288 g/mol.